The first-order valence-corrected chi connectivity index (χ1v) is 8.12. The van der Waals surface area contributed by atoms with E-state index in [1.807, 2.05) is 17.9 Å². The Hall–Kier alpha value is -2.17. The van der Waals surface area contributed by atoms with E-state index in [2.05, 4.69) is 5.16 Å². The highest BCUT2D eigenvalue weighted by molar-refractivity contribution is 5.83. The van der Waals surface area contributed by atoms with Gasteiger partial charge in [0.2, 0.25) is 5.91 Å². The van der Waals surface area contributed by atoms with Gasteiger partial charge >= 0.3 is 0 Å². The van der Waals surface area contributed by atoms with Crippen LogP contribution in [0.15, 0.2) is 34.9 Å². The summed E-state index contributed by atoms with van der Waals surface area (Å²) in [6.45, 7) is 2.64. The number of likely N-dealkylation sites (tertiary alicyclic amines) is 1. The number of aryl methyl sites for hydroxylation is 1. The van der Waals surface area contributed by atoms with Crippen molar-refractivity contribution >= 4 is 5.91 Å². The van der Waals surface area contributed by atoms with Crippen molar-refractivity contribution in [2.45, 2.75) is 38.1 Å². The lowest BCUT2D eigenvalue weighted by molar-refractivity contribution is -0.133. The van der Waals surface area contributed by atoms with Crippen LogP contribution in [-0.2, 0) is 4.79 Å². The first kappa shape index (κ1) is 14.4. The first-order chi connectivity index (χ1) is 11.1. The molecule has 1 aromatic heterocycles. The Bertz CT molecular complexity index is 725. The molecule has 1 saturated heterocycles. The summed E-state index contributed by atoms with van der Waals surface area (Å²) >= 11 is 0. The summed E-state index contributed by atoms with van der Waals surface area (Å²) in [6.07, 6.45) is 2.79. The van der Waals surface area contributed by atoms with Crippen LogP contribution in [0.1, 0.15) is 48.2 Å². The largest absolute Gasteiger partial charge is 0.361 e. The monoisotopic (exact) mass is 314 g/mol. The van der Waals surface area contributed by atoms with Gasteiger partial charge in [0.15, 0.2) is 0 Å². The Balaban J connectivity index is 1.48. The van der Waals surface area contributed by atoms with Crippen LogP contribution < -0.4 is 0 Å². The number of amides is 1. The fraction of sp³-hybridized carbons (Fsp3) is 0.444. The van der Waals surface area contributed by atoms with E-state index in [-0.39, 0.29) is 29.6 Å². The highest BCUT2D eigenvalue weighted by Crippen LogP contribution is 2.50. The van der Waals surface area contributed by atoms with Gasteiger partial charge in [0.05, 0.1) is 6.04 Å². The van der Waals surface area contributed by atoms with Crippen molar-refractivity contribution in [2.24, 2.45) is 5.92 Å². The van der Waals surface area contributed by atoms with E-state index >= 15 is 0 Å². The minimum atomic E-state index is -0.238. The number of nitrogens with zero attached hydrogens (tertiary/aromatic N) is 2. The van der Waals surface area contributed by atoms with E-state index in [1.165, 1.54) is 12.1 Å². The Kier molecular flexibility index (Phi) is 3.43. The highest BCUT2D eigenvalue weighted by atomic mass is 19.1. The van der Waals surface area contributed by atoms with E-state index in [1.54, 1.807) is 12.1 Å². The van der Waals surface area contributed by atoms with E-state index in [4.69, 9.17) is 4.52 Å². The van der Waals surface area contributed by atoms with Gasteiger partial charge in [-0.1, -0.05) is 17.3 Å². The van der Waals surface area contributed by atoms with Crippen LogP contribution in [0, 0.1) is 18.7 Å². The molecule has 2 fully saturated rings. The lowest BCUT2D eigenvalue weighted by atomic mass is 10.1. The Morgan fingerprint density at radius 1 is 1.35 bits per heavy atom. The Morgan fingerprint density at radius 3 is 2.83 bits per heavy atom. The van der Waals surface area contributed by atoms with Crippen LogP contribution in [-0.4, -0.2) is 22.5 Å². The molecule has 2 heterocycles. The maximum Gasteiger partial charge on any atom is 0.226 e. The van der Waals surface area contributed by atoms with Crippen LogP contribution in [0.4, 0.5) is 4.39 Å². The fourth-order valence-electron chi connectivity index (χ4n) is 3.64. The SMILES string of the molecule is Cc1cc([C@@H]2CCCN2C(=O)[C@@H]2C[C@H]2c2ccc(F)cc2)no1. The van der Waals surface area contributed by atoms with Crippen LogP contribution in [0.3, 0.4) is 0 Å². The molecule has 3 atom stereocenters. The predicted molar refractivity (Wildman–Crippen MR) is 82.2 cm³/mol. The number of rotatable bonds is 3. The molecular weight excluding hydrogens is 295 g/mol. The highest BCUT2D eigenvalue weighted by Gasteiger charge is 2.48. The molecule has 0 bridgehead atoms. The van der Waals surface area contributed by atoms with Crippen LogP contribution in [0.2, 0.25) is 0 Å². The number of aromatic nitrogens is 1. The van der Waals surface area contributed by atoms with Gasteiger partial charge in [0, 0.05) is 18.5 Å². The average Bonchev–Trinajstić information content (AvgIpc) is 2.98. The summed E-state index contributed by atoms with van der Waals surface area (Å²) in [4.78, 5) is 14.8. The van der Waals surface area contributed by atoms with Crippen molar-refractivity contribution < 1.29 is 13.7 Å². The van der Waals surface area contributed by atoms with Crippen molar-refractivity contribution in [3.05, 3.63) is 53.2 Å². The molecule has 0 N–H and O–H groups in total. The molecular formula is C18H19FN2O2. The number of carbonyl (C=O) groups is 1. The Morgan fingerprint density at radius 2 is 2.13 bits per heavy atom. The van der Waals surface area contributed by atoms with E-state index in [0.717, 1.165) is 42.8 Å². The Labute approximate surface area is 134 Å². The molecule has 2 aromatic rings. The standard InChI is InChI=1S/C18H19FN2O2/c1-11-9-16(20-23-11)17-3-2-8-21(17)18(22)15-10-14(15)12-4-6-13(19)7-5-12/h4-7,9,14-15,17H,2-3,8,10H2,1H3/t14-,15+,17-/m0/s1. The van der Waals surface area contributed by atoms with Gasteiger partial charge in [-0.05, 0) is 49.8 Å². The van der Waals surface area contributed by atoms with Crippen LogP contribution in [0.25, 0.3) is 0 Å². The number of carbonyl (C=O) groups excluding carboxylic acids is 1. The summed E-state index contributed by atoms with van der Waals surface area (Å²) in [7, 11) is 0. The number of hydrogen-bond donors (Lipinski definition) is 0. The zero-order valence-corrected chi connectivity index (χ0v) is 13.0. The van der Waals surface area contributed by atoms with Crippen molar-refractivity contribution in [1.82, 2.24) is 10.1 Å². The molecule has 5 heteroatoms. The van der Waals surface area contributed by atoms with Crippen LogP contribution >= 0.6 is 0 Å². The van der Waals surface area contributed by atoms with E-state index in [0.29, 0.717) is 0 Å². The first-order valence-electron chi connectivity index (χ1n) is 8.12. The summed E-state index contributed by atoms with van der Waals surface area (Å²) < 4.78 is 18.2. The molecule has 0 radical (unpaired) electrons. The zero-order chi connectivity index (χ0) is 16.0. The molecule has 120 valence electrons. The van der Waals surface area contributed by atoms with Gasteiger partial charge in [0.1, 0.15) is 17.3 Å². The van der Waals surface area contributed by atoms with E-state index in [9.17, 15) is 9.18 Å². The van der Waals surface area contributed by atoms with Gasteiger partial charge in [-0.15, -0.1) is 0 Å². The third-order valence-electron chi connectivity index (χ3n) is 4.93. The summed E-state index contributed by atoms with van der Waals surface area (Å²) in [6, 6.07) is 8.46. The van der Waals surface area contributed by atoms with Crippen molar-refractivity contribution in [1.29, 1.82) is 0 Å². The molecule has 0 unspecified atom stereocenters. The zero-order valence-electron chi connectivity index (χ0n) is 13.0. The molecule has 4 rings (SSSR count). The molecule has 0 spiro atoms. The lowest BCUT2D eigenvalue weighted by Gasteiger charge is -2.23. The second kappa shape index (κ2) is 5.48. The summed E-state index contributed by atoms with van der Waals surface area (Å²) in [5.74, 6) is 0.980. The van der Waals surface area contributed by atoms with Gasteiger partial charge in [-0.25, -0.2) is 4.39 Å². The number of hydrogen-bond acceptors (Lipinski definition) is 3. The minimum Gasteiger partial charge on any atom is -0.361 e. The molecule has 2 aliphatic rings. The molecule has 1 saturated carbocycles. The maximum atomic E-state index is 13.0. The molecule has 1 amide bonds. The molecule has 4 nitrogen and oxygen atoms in total. The smallest absolute Gasteiger partial charge is 0.226 e. The summed E-state index contributed by atoms with van der Waals surface area (Å²) in [5, 5.41) is 4.09. The normalized spacial score (nSPS) is 26.5. The number of halogens is 1. The second-order valence-corrected chi connectivity index (χ2v) is 6.55. The van der Waals surface area contributed by atoms with Crippen molar-refractivity contribution in [2.75, 3.05) is 6.54 Å². The predicted octanol–water partition coefficient (Wildman–Crippen LogP) is 3.59. The summed E-state index contributed by atoms with van der Waals surface area (Å²) in [5.41, 5.74) is 1.91. The topological polar surface area (TPSA) is 46.3 Å². The average molecular weight is 314 g/mol. The van der Waals surface area contributed by atoms with Crippen molar-refractivity contribution in [3.63, 3.8) is 0 Å². The van der Waals surface area contributed by atoms with Crippen molar-refractivity contribution in [3.8, 4) is 0 Å². The molecule has 23 heavy (non-hydrogen) atoms. The lowest BCUT2D eigenvalue weighted by Crippen LogP contribution is -2.32. The molecule has 1 aromatic carbocycles. The molecule has 1 aliphatic heterocycles. The second-order valence-electron chi connectivity index (χ2n) is 6.55. The minimum absolute atomic E-state index is 0.0223. The van der Waals surface area contributed by atoms with Gasteiger partial charge < -0.3 is 9.42 Å². The van der Waals surface area contributed by atoms with Gasteiger partial charge in [-0.3, -0.25) is 4.79 Å². The van der Waals surface area contributed by atoms with Crippen LogP contribution in [0.5, 0.6) is 0 Å². The third kappa shape index (κ3) is 2.64. The third-order valence-corrected chi connectivity index (χ3v) is 4.93. The number of benzene rings is 1. The quantitative estimate of drug-likeness (QED) is 0.870. The fourth-order valence-corrected chi connectivity index (χ4v) is 3.64. The van der Waals surface area contributed by atoms with Gasteiger partial charge in [-0.2, -0.15) is 0 Å². The van der Waals surface area contributed by atoms with Gasteiger partial charge in [0.25, 0.3) is 0 Å². The molecule has 1 aliphatic carbocycles. The van der Waals surface area contributed by atoms with E-state index < -0.39 is 0 Å². The maximum absolute atomic E-state index is 13.0.